The smallest absolute Gasteiger partial charge is 0.230 e. The van der Waals surface area contributed by atoms with Gasteiger partial charge in [0.25, 0.3) is 0 Å². The molecule has 0 radical (unpaired) electrons. The van der Waals surface area contributed by atoms with Crippen molar-refractivity contribution in [2.45, 2.75) is 44.4 Å². The molecule has 1 unspecified atom stereocenters. The average Bonchev–Trinajstić information content (AvgIpc) is 3.08. The lowest BCUT2D eigenvalue weighted by atomic mass is 10.00. The zero-order chi connectivity index (χ0) is 18.7. The van der Waals surface area contributed by atoms with Crippen molar-refractivity contribution in [3.8, 4) is 0 Å². The Morgan fingerprint density at radius 2 is 1.92 bits per heavy atom. The van der Waals surface area contributed by atoms with Gasteiger partial charge in [-0.3, -0.25) is 4.79 Å². The van der Waals surface area contributed by atoms with Gasteiger partial charge in [-0.15, -0.1) is 5.10 Å². The molecule has 26 heavy (non-hydrogen) atoms. The number of carbonyl (C=O) groups is 1. The van der Waals surface area contributed by atoms with E-state index in [0.29, 0.717) is 5.16 Å². The number of benzene rings is 2. The van der Waals surface area contributed by atoms with Crippen molar-refractivity contribution in [1.29, 1.82) is 0 Å². The fourth-order valence-corrected chi connectivity index (χ4v) is 3.68. The zero-order valence-corrected chi connectivity index (χ0v) is 16.2. The summed E-state index contributed by atoms with van der Waals surface area (Å²) in [6.45, 7) is 8.08. The first kappa shape index (κ1) is 18.4. The Morgan fingerprint density at radius 3 is 2.69 bits per heavy atom. The molecule has 3 rings (SSSR count). The van der Waals surface area contributed by atoms with Crippen LogP contribution in [-0.4, -0.2) is 31.9 Å². The van der Waals surface area contributed by atoms with Gasteiger partial charge >= 0.3 is 0 Å². The first-order chi connectivity index (χ1) is 12.4. The number of thioether (sulfide) groups is 1. The normalized spacial score (nSPS) is 12.9. The Morgan fingerprint density at radius 1 is 1.19 bits per heavy atom. The van der Waals surface area contributed by atoms with E-state index in [1.54, 1.807) is 4.68 Å². The number of hydrogen-bond donors (Lipinski definition) is 1. The Labute approximate surface area is 157 Å². The van der Waals surface area contributed by atoms with Gasteiger partial charge in [-0.1, -0.05) is 54.2 Å². The minimum atomic E-state index is -0.224. The van der Waals surface area contributed by atoms with Crippen molar-refractivity contribution >= 4 is 28.4 Å². The van der Waals surface area contributed by atoms with Gasteiger partial charge in [0.05, 0.1) is 17.3 Å². The lowest BCUT2D eigenvalue weighted by Crippen LogP contribution is -2.29. The van der Waals surface area contributed by atoms with E-state index in [1.807, 2.05) is 45.9 Å². The van der Waals surface area contributed by atoms with Gasteiger partial charge < -0.3 is 5.32 Å². The molecule has 0 saturated carbocycles. The lowest BCUT2D eigenvalue weighted by Gasteiger charge is -2.19. The number of tetrazole rings is 1. The summed E-state index contributed by atoms with van der Waals surface area (Å²) in [5.74, 6) is 0.227. The maximum absolute atomic E-state index is 12.4. The third-order valence-corrected chi connectivity index (χ3v) is 5.00. The SMILES string of the molecule is CC(NC(=O)CSc1nnnn1C(C)(C)C)c1cccc2ccccc12. The van der Waals surface area contributed by atoms with Crippen molar-refractivity contribution in [3.05, 3.63) is 48.0 Å². The predicted molar refractivity (Wildman–Crippen MR) is 104 cm³/mol. The van der Waals surface area contributed by atoms with Crippen LogP contribution in [0.4, 0.5) is 0 Å². The topological polar surface area (TPSA) is 72.7 Å². The van der Waals surface area contributed by atoms with Crippen molar-refractivity contribution in [1.82, 2.24) is 25.5 Å². The quantitative estimate of drug-likeness (QED) is 0.696. The number of hydrogen-bond acceptors (Lipinski definition) is 5. The Kier molecular flexibility index (Phi) is 5.27. The van der Waals surface area contributed by atoms with E-state index in [4.69, 9.17) is 0 Å². The van der Waals surface area contributed by atoms with Crippen LogP contribution in [0.5, 0.6) is 0 Å². The third kappa shape index (κ3) is 4.04. The molecule has 1 amide bonds. The van der Waals surface area contributed by atoms with E-state index in [2.05, 4.69) is 45.1 Å². The number of nitrogens with one attached hydrogen (secondary N) is 1. The fourth-order valence-electron chi connectivity index (χ4n) is 2.81. The van der Waals surface area contributed by atoms with E-state index in [0.717, 1.165) is 10.9 Å². The molecule has 0 aliphatic carbocycles. The molecule has 7 heteroatoms. The number of rotatable bonds is 5. The largest absolute Gasteiger partial charge is 0.349 e. The summed E-state index contributed by atoms with van der Waals surface area (Å²) in [4.78, 5) is 12.4. The second-order valence-electron chi connectivity index (χ2n) is 7.19. The molecule has 0 saturated heterocycles. The van der Waals surface area contributed by atoms with Gasteiger partial charge in [0, 0.05) is 0 Å². The molecule has 0 aliphatic heterocycles. The number of nitrogens with zero attached hydrogens (tertiary/aromatic N) is 4. The predicted octanol–water partition coefficient (Wildman–Crippen LogP) is 3.55. The maximum atomic E-state index is 12.4. The van der Waals surface area contributed by atoms with Gasteiger partial charge in [0.15, 0.2) is 0 Å². The number of carbonyl (C=O) groups excluding carboxylic acids is 1. The van der Waals surface area contributed by atoms with Crippen molar-refractivity contribution in [2.24, 2.45) is 0 Å². The monoisotopic (exact) mass is 369 g/mol. The molecular weight excluding hydrogens is 346 g/mol. The number of fused-ring (bicyclic) bond motifs is 1. The van der Waals surface area contributed by atoms with Crippen LogP contribution >= 0.6 is 11.8 Å². The molecule has 1 atom stereocenters. The molecule has 1 aromatic heterocycles. The van der Waals surface area contributed by atoms with E-state index in [-0.39, 0.29) is 23.2 Å². The highest BCUT2D eigenvalue weighted by Crippen LogP contribution is 2.25. The molecule has 1 heterocycles. The van der Waals surface area contributed by atoms with E-state index in [1.165, 1.54) is 17.1 Å². The highest BCUT2D eigenvalue weighted by molar-refractivity contribution is 7.99. The lowest BCUT2D eigenvalue weighted by molar-refractivity contribution is -0.119. The van der Waals surface area contributed by atoms with Crippen LogP contribution in [-0.2, 0) is 10.3 Å². The summed E-state index contributed by atoms with van der Waals surface area (Å²) in [6.07, 6.45) is 0. The van der Waals surface area contributed by atoms with Crippen LogP contribution < -0.4 is 5.32 Å². The number of aromatic nitrogens is 4. The zero-order valence-electron chi connectivity index (χ0n) is 15.4. The molecule has 3 aromatic rings. The van der Waals surface area contributed by atoms with Crippen molar-refractivity contribution in [3.63, 3.8) is 0 Å². The summed E-state index contributed by atoms with van der Waals surface area (Å²) in [6, 6.07) is 14.3. The minimum Gasteiger partial charge on any atom is -0.349 e. The van der Waals surface area contributed by atoms with Crippen LogP contribution in [0.15, 0.2) is 47.6 Å². The van der Waals surface area contributed by atoms with Crippen molar-refractivity contribution in [2.75, 3.05) is 5.75 Å². The van der Waals surface area contributed by atoms with Crippen LogP contribution in [0, 0.1) is 0 Å². The molecule has 0 aliphatic rings. The van der Waals surface area contributed by atoms with Crippen LogP contribution in [0.25, 0.3) is 10.8 Å². The highest BCUT2D eigenvalue weighted by Gasteiger charge is 2.21. The first-order valence-electron chi connectivity index (χ1n) is 8.55. The first-order valence-corrected chi connectivity index (χ1v) is 9.53. The Balaban J connectivity index is 1.66. The van der Waals surface area contributed by atoms with Crippen molar-refractivity contribution < 1.29 is 4.79 Å². The standard InChI is InChI=1S/C19H23N5OS/c1-13(15-11-7-9-14-8-5-6-10-16(14)15)20-17(25)12-26-18-21-22-23-24(18)19(2,3)4/h5-11,13H,12H2,1-4H3,(H,20,25). The summed E-state index contributed by atoms with van der Waals surface area (Å²) in [5.41, 5.74) is 0.888. The third-order valence-electron chi connectivity index (χ3n) is 4.08. The second-order valence-corrected chi connectivity index (χ2v) is 8.13. The molecule has 0 bridgehead atoms. The molecule has 1 N–H and O–H groups in total. The van der Waals surface area contributed by atoms with Gasteiger partial charge in [0.2, 0.25) is 11.1 Å². The van der Waals surface area contributed by atoms with E-state index in [9.17, 15) is 4.79 Å². The van der Waals surface area contributed by atoms with Gasteiger partial charge in [0.1, 0.15) is 0 Å². The summed E-state index contributed by atoms with van der Waals surface area (Å²) >= 11 is 1.34. The summed E-state index contributed by atoms with van der Waals surface area (Å²) < 4.78 is 1.74. The molecule has 0 spiro atoms. The summed E-state index contributed by atoms with van der Waals surface area (Å²) in [7, 11) is 0. The second kappa shape index (κ2) is 7.45. The van der Waals surface area contributed by atoms with E-state index >= 15 is 0 Å². The molecule has 6 nitrogen and oxygen atoms in total. The van der Waals surface area contributed by atoms with Gasteiger partial charge in [-0.2, -0.15) is 0 Å². The highest BCUT2D eigenvalue weighted by atomic mass is 32.2. The van der Waals surface area contributed by atoms with Crippen LogP contribution in [0.1, 0.15) is 39.3 Å². The van der Waals surface area contributed by atoms with Gasteiger partial charge in [-0.25, -0.2) is 4.68 Å². The molecular formula is C19H23N5OS. The maximum Gasteiger partial charge on any atom is 0.230 e. The van der Waals surface area contributed by atoms with Gasteiger partial charge in [-0.05, 0) is 54.5 Å². The van der Waals surface area contributed by atoms with Crippen LogP contribution in [0.2, 0.25) is 0 Å². The van der Waals surface area contributed by atoms with Crippen LogP contribution in [0.3, 0.4) is 0 Å². The average molecular weight is 369 g/mol. The minimum absolute atomic E-state index is 0.0427. The summed E-state index contributed by atoms with van der Waals surface area (Å²) in [5, 5.41) is 17.8. The van der Waals surface area contributed by atoms with E-state index < -0.39 is 0 Å². The fraction of sp³-hybridized carbons (Fsp3) is 0.368. The Hall–Kier alpha value is -2.41. The Bertz CT molecular complexity index is 910. The number of amides is 1. The molecule has 0 fully saturated rings. The molecule has 2 aromatic carbocycles. The molecule has 136 valence electrons.